The van der Waals surface area contributed by atoms with E-state index >= 15 is 0 Å². The Balaban J connectivity index is 1.55. The summed E-state index contributed by atoms with van der Waals surface area (Å²) in [5.41, 5.74) is 4.07. The Bertz CT molecular complexity index is 907. The molecule has 4 nitrogen and oxygen atoms in total. The van der Waals surface area contributed by atoms with E-state index < -0.39 is 0 Å². The number of carbonyl (C=O) groups is 1. The van der Waals surface area contributed by atoms with Crippen molar-refractivity contribution in [3.05, 3.63) is 83.4 Å². The van der Waals surface area contributed by atoms with E-state index in [0.717, 1.165) is 16.3 Å². The summed E-state index contributed by atoms with van der Waals surface area (Å²) in [6, 6.07) is 17.1. The van der Waals surface area contributed by atoms with Crippen LogP contribution in [0.3, 0.4) is 0 Å². The van der Waals surface area contributed by atoms with Crippen LogP contribution in [-0.2, 0) is 4.79 Å². The van der Waals surface area contributed by atoms with Gasteiger partial charge in [0, 0.05) is 21.8 Å². The molecule has 0 unspecified atom stereocenters. The minimum absolute atomic E-state index is 0.207. The average molecular weight is 388 g/mol. The molecule has 7 heteroatoms. The van der Waals surface area contributed by atoms with Crippen LogP contribution in [0.4, 0.5) is 4.39 Å². The van der Waals surface area contributed by atoms with Crippen LogP contribution in [-0.4, -0.2) is 22.4 Å². The smallest absolute Gasteiger partial charge is 0.250 e. The number of hydrogen-bond donors (Lipinski definition) is 1. The van der Waals surface area contributed by atoms with E-state index in [1.807, 2.05) is 35.0 Å². The van der Waals surface area contributed by atoms with Crippen LogP contribution in [0.2, 0.25) is 5.02 Å². The fourth-order valence-corrected chi connectivity index (χ4v) is 3.04. The zero-order chi connectivity index (χ0) is 18.4. The van der Waals surface area contributed by atoms with Gasteiger partial charge < -0.3 is 4.57 Å². The number of hydrazone groups is 1. The third-order valence-corrected chi connectivity index (χ3v) is 4.72. The summed E-state index contributed by atoms with van der Waals surface area (Å²) >= 11 is 7.23. The van der Waals surface area contributed by atoms with Crippen LogP contribution in [0.1, 0.15) is 5.69 Å². The van der Waals surface area contributed by atoms with Crippen molar-refractivity contribution in [1.29, 1.82) is 0 Å². The first-order valence-electron chi connectivity index (χ1n) is 7.75. The van der Waals surface area contributed by atoms with Gasteiger partial charge in [-0.1, -0.05) is 11.6 Å². The van der Waals surface area contributed by atoms with Crippen molar-refractivity contribution in [3.63, 3.8) is 0 Å². The minimum atomic E-state index is -0.290. The van der Waals surface area contributed by atoms with E-state index in [1.54, 1.807) is 30.5 Å². The summed E-state index contributed by atoms with van der Waals surface area (Å²) in [4.78, 5) is 12.8. The van der Waals surface area contributed by atoms with Gasteiger partial charge in [-0.15, -0.1) is 11.8 Å². The van der Waals surface area contributed by atoms with Crippen molar-refractivity contribution in [2.75, 3.05) is 5.75 Å². The first-order chi connectivity index (χ1) is 12.6. The molecule has 0 bridgehead atoms. The molecule has 2 aromatic carbocycles. The Morgan fingerprint density at radius 1 is 1.15 bits per heavy atom. The van der Waals surface area contributed by atoms with Crippen LogP contribution in [0.5, 0.6) is 0 Å². The van der Waals surface area contributed by atoms with Crippen molar-refractivity contribution in [3.8, 4) is 5.69 Å². The molecule has 0 atom stereocenters. The van der Waals surface area contributed by atoms with E-state index in [1.165, 1.54) is 23.9 Å². The number of nitrogens with zero attached hydrogens (tertiary/aromatic N) is 2. The predicted octanol–water partition coefficient (Wildman–Crippen LogP) is 4.51. The van der Waals surface area contributed by atoms with Crippen molar-refractivity contribution >= 4 is 35.5 Å². The predicted molar refractivity (Wildman–Crippen MR) is 104 cm³/mol. The number of aromatic nitrogens is 1. The Kier molecular flexibility index (Phi) is 6.09. The summed E-state index contributed by atoms with van der Waals surface area (Å²) in [6.07, 6.45) is 3.39. The minimum Gasteiger partial charge on any atom is -0.316 e. The Morgan fingerprint density at radius 3 is 2.62 bits per heavy atom. The fourth-order valence-electron chi connectivity index (χ4n) is 2.22. The van der Waals surface area contributed by atoms with E-state index in [4.69, 9.17) is 11.6 Å². The molecule has 0 radical (unpaired) electrons. The molecule has 0 saturated carbocycles. The van der Waals surface area contributed by atoms with Gasteiger partial charge in [-0.2, -0.15) is 5.10 Å². The van der Waals surface area contributed by atoms with Gasteiger partial charge in [0.15, 0.2) is 0 Å². The van der Waals surface area contributed by atoms with Gasteiger partial charge in [0.2, 0.25) is 5.91 Å². The third-order valence-electron chi connectivity index (χ3n) is 3.45. The third kappa shape index (κ3) is 4.97. The second-order valence-corrected chi connectivity index (χ2v) is 6.80. The van der Waals surface area contributed by atoms with Crippen LogP contribution < -0.4 is 5.43 Å². The van der Waals surface area contributed by atoms with Gasteiger partial charge in [0.1, 0.15) is 5.82 Å². The monoisotopic (exact) mass is 387 g/mol. The molecular formula is C19H15ClFN3OS. The van der Waals surface area contributed by atoms with E-state index in [2.05, 4.69) is 10.5 Å². The lowest BCUT2D eigenvalue weighted by molar-refractivity contribution is -0.118. The number of nitrogens with one attached hydrogen (secondary N) is 1. The summed E-state index contributed by atoms with van der Waals surface area (Å²) in [5, 5.41) is 4.65. The van der Waals surface area contributed by atoms with Gasteiger partial charge in [0.05, 0.1) is 17.7 Å². The number of hydrogen-bond acceptors (Lipinski definition) is 3. The molecule has 0 aliphatic heterocycles. The number of thioether (sulfide) groups is 1. The second-order valence-electron chi connectivity index (χ2n) is 5.32. The first kappa shape index (κ1) is 18.2. The normalized spacial score (nSPS) is 11.0. The van der Waals surface area contributed by atoms with Gasteiger partial charge in [-0.05, 0) is 60.7 Å². The molecular weight excluding hydrogens is 373 g/mol. The zero-order valence-corrected chi connectivity index (χ0v) is 15.2. The van der Waals surface area contributed by atoms with Crippen LogP contribution in [0.25, 0.3) is 5.69 Å². The highest BCUT2D eigenvalue weighted by Gasteiger charge is 2.03. The Labute approximate surface area is 159 Å². The Hall–Kier alpha value is -2.57. The highest BCUT2D eigenvalue weighted by atomic mass is 35.5. The first-order valence-corrected chi connectivity index (χ1v) is 9.12. The molecule has 0 aliphatic carbocycles. The highest BCUT2D eigenvalue weighted by Crippen LogP contribution is 2.19. The van der Waals surface area contributed by atoms with Crippen molar-refractivity contribution < 1.29 is 9.18 Å². The van der Waals surface area contributed by atoms with Gasteiger partial charge in [0.25, 0.3) is 0 Å². The fraction of sp³-hybridized carbons (Fsp3) is 0.0526. The molecule has 0 saturated heterocycles. The van der Waals surface area contributed by atoms with E-state index in [-0.39, 0.29) is 17.5 Å². The van der Waals surface area contributed by atoms with E-state index in [9.17, 15) is 9.18 Å². The maximum atomic E-state index is 13.0. The molecule has 0 aliphatic rings. The van der Waals surface area contributed by atoms with Crippen molar-refractivity contribution in [2.24, 2.45) is 5.10 Å². The molecule has 3 rings (SSSR count). The topological polar surface area (TPSA) is 46.4 Å². The van der Waals surface area contributed by atoms with Gasteiger partial charge in [-0.25, -0.2) is 9.82 Å². The molecule has 0 fully saturated rings. The second kappa shape index (κ2) is 8.69. The molecule has 1 N–H and O–H groups in total. The number of carbonyl (C=O) groups excluding carboxylic acids is 1. The lowest BCUT2D eigenvalue weighted by Gasteiger charge is -2.06. The van der Waals surface area contributed by atoms with Gasteiger partial charge in [-0.3, -0.25) is 4.79 Å². The molecule has 3 aromatic rings. The molecule has 1 heterocycles. The molecule has 1 amide bonds. The van der Waals surface area contributed by atoms with Gasteiger partial charge >= 0.3 is 0 Å². The number of halogens is 2. The summed E-state index contributed by atoms with van der Waals surface area (Å²) in [5.74, 6) is -0.250. The molecule has 26 heavy (non-hydrogen) atoms. The summed E-state index contributed by atoms with van der Waals surface area (Å²) in [6.45, 7) is 0. The quantitative estimate of drug-likeness (QED) is 0.384. The largest absolute Gasteiger partial charge is 0.316 e. The average Bonchev–Trinajstić information content (AvgIpc) is 3.10. The summed E-state index contributed by atoms with van der Waals surface area (Å²) < 4.78 is 14.9. The van der Waals surface area contributed by atoms with Crippen LogP contribution in [0.15, 0.2) is 76.9 Å². The number of amides is 1. The van der Waals surface area contributed by atoms with E-state index in [0.29, 0.717) is 5.02 Å². The number of benzene rings is 2. The van der Waals surface area contributed by atoms with Crippen LogP contribution >= 0.6 is 23.4 Å². The maximum Gasteiger partial charge on any atom is 0.250 e. The zero-order valence-electron chi connectivity index (χ0n) is 13.6. The summed E-state index contributed by atoms with van der Waals surface area (Å²) in [7, 11) is 0. The van der Waals surface area contributed by atoms with Crippen molar-refractivity contribution in [1.82, 2.24) is 9.99 Å². The standard InChI is InChI=1S/C19H15ClFN3OS/c20-14-3-9-18(10-4-14)26-13-19(25)23-22-12-17-2-1-11-24(17)16-7-5-15(21)6-8-16/h1-12H,13H2,(H,23,25)/b22-12-. The highest BCUT2D eigenvalue weighted by molar-refractivity contribution is 8.00. The maximum absolute atomic E-state index is 13.0. The Morgan fingerprint density at radius 2 is 1.88 bits per heavy atom. The van der Waals surface area contributed by atoms with Crippen LogP contribution in [0, 0.1) is 5.82 Å². The SMILES string of the molecule is O=C(CSc1ccc(Cl)cc1)N/N=C\c1cccn1-c1ccc(F)cc1. The number of rotatable bonds is 6. The lowest BCUT2D eigenvalue weighted by Crippen LogP contribution is -2.19. The molecule has 0 spiro atoms. The molecule has 1 aromatic heterocycles. The lowest BCUT2D eigenvalue weighted by atomic mass is 10.3. The van der Waals surface area contributed by atoms with Crippen molar-refractivity contribution in [2.45, 2.75) is 4.90 Å². The molecule has 132 valence electrons.